The molecular weight excluding hydrogens is 342 g/mol. The van der Waals surface area contributed by atoms with Crippen LogP contribution in [-0.4, -0.2) is 77.9 Å². The molecule has 0 saturated carbocycles. The number of carbonyl (C=O) groups excluding carboxylic acids is 2. The Hall–Kier alpha value is -1.22. The van der Waals surface area contributed by atoms with Crippen molar-refractivity contribution in [2.75, 3.05) is 66.0 Å². The topological polar surface area (TPSA) is 92.3 Å². The Kier molecular flexibility index (Phi) is 17.7. The van der Waals surface area contributed by atoms with Crippen LogP contribution in [0.1, 0.15) is 33.6 Å². The number of amides is 1. The molecule has 0 aliphatic rings. The van der Waals surface area contributed by atoms with Gasteiger partial charge in [0.15, 0.2) is 0 Å². The van der Waals surface area contributed by atoms with Crippen LogP contribution in [0.25, 0.3) is 0 Å². The van der Waals surface area contributed by atoms with E-state index in [4.69, 9.17) is 23.7 Å². The van der Waals surface area contributed by atoms with Crippen LogP contribution >= 0.6 is 0 Å². The van der Waals surface area contributed by atoms with E-state index in [2.05, 4.69) is 12.2 Å². The molecule has 154 valence electrons. The van der Waals surface area contributed by atoms with E-state index < -0.39 is 6.09 Å². The number of hydrogen-bond donors (Lipinski definition) is 1. The predicted octanol–water partition coefficient (Wildman–Crippen LogP) is 1.80. The minimum atomic E-state index is -0.410. The highest BCUT2D eigenvalue weighted by Crippen LogP contribution is 2.00. The monoisotopic (exact) mass is 377 g/mol. The van der Waals surface area contributed by atoms with Gasteiger partial charge in [-0.05, 0) is 12.8 Å². The number of Topliss-reactive ketones (excluding diaryl/α,β-unsaturated/α-hetero) is 1. The second-order valence-corrected chi connectivity index (χ2v) is 5.94. The number of rotatable bonds is 18. The first-order valence-corrected chi connectivity index (χ1v) is 9.27. The van der Waals surface area contributed by atoms with Crippen LogP contribution in [0.3, 0.4) is 0 Å². The molecule has 0 bridgehead atoms. The molecule has 0 saturated heterocycles. The maximum Gasteiger partial charge on any atom is 0.407 e. The van der Waals surface area contributed by atoms with Crippen molar-refractivity contribution in [1.82, 2.24) is 5.32 Å². The lowest BCUT2D eigenvalue weighted by molar-refractivity contribution is -0.118. The van der Waals surface area contributed by atoms with Crippen molar-refractivity contribution in [2.24, 2.45) is 5.92 Å². The molecule has 1 atom stereocenters. The standard InChI is InChI=1S/C18H35NO7/c1-4-16(2)15-26-18(21)19-6-8-23-10-12-25-14-13-24-11-9-22-7-5-17(3)20/h16H,4-15H2,1-3H3,(H,19,21). The number of carbonyl (C=O) groups is 2. The quantitative estimate of drug-likeness (QED) is 0.364. The third-order valence-corrected chi connectivity index (χ3v) is 3.43. The molecule has 0 heterocycles. The van der Waals surface area contributed by atoms with Gasteiger partial charge >= 0.3 is 6.09 Å². The number of nitrogens with one attached hydrogen (secondary N) is 1. The van der Waals surface area contributed by atoms with Crippen molar-refractivity contribution in [2.45, 2.75) is 33.6 Å². The van der Waals surface area contributed by atoms with Crippen molar-refractivity contribution in [3.8, 4) is 0 Å². The van der Waals surface area contributed by atoms with Crippen LogP contribution < -0.4 is 5.32 Å². The molecule has 1 N–H and O–H groups in total. The van der Waals surface area contributed by atoms with Gasteiger partial charge in [-0.3, -0.25) is 4.79 Å². The zero-order chi connectivity index (χ0) is 19.5. The van der Waals surface area contributed by atoms with Crippen LogP contribution in [-0.2, 0) is 28.5 Å². The highest BCUT2D eigenvalue weighted by atomic mass is 16.6. The van der Waals surface area contributed by atoms with Gasteiger partial charge in [-0.15, -0.1) is 0 Å². The number of alkyl carbamates (subject to hydrolysis) is 1. The van der Waals surface area contributed by atoms with E-state index in [1.807, 2.05) is 6.92 Å². The Morgan fingerprint density at radius 3 is 1.85 bits per heavy atom. The predicted molar refractivity (Wildman–Crippen MR) is 97.4 cm³/mol. The molecular formula is C18H35NO7. The maximum atomic E-state index is 11.4. The van der Waals surface area contributed by atoms with E-state index in [1.54, 1.807) is 6.92 Å². The highest BCUT2D eigenvalue weighted by Gasteiger charge is 2.04. The Labute approximate surface area is 156 Å². The highest BCUT2D eigenvalue weighted by molar-refractivity contribution is 5.75. The van der Waals surface area contributed by atoms with E-state index in [-0.39, 0.29) is 5.78 Å². The Balaban J connectivity index is 3.15. The molecule has 1 unspecified atom stereocenters. The summed E-state index contributed by atoms with van der Waals surface area (Å²) in [4.78, 5) is 22.0. The van der Waals surface area contributed by atoms with E-state index in [9.17, 15) is 9.59 Å². The first-order chi connectivity index (χ1) is 12.6. The van der Waals surface area contributed by atoms with Gasteiger partial charge in [-0.25, -0.2) is 4.79 Å². The fourth-order valence-electron chi connectivity index (χ4n) is 1.59. The summed E-state index contributed by atoms with van der Waals surface area (Å²) >= 11 is 0. The van der Waals surface area contributed by atoms with Gasteiger partial charge in [0.1, 0.15) is 5.78 Å². The fraction of sp³-hybridized carbons (Fsp3) is 0.889. The zero-order valence-electron chi connectivity index (χ0n) is 16.4. The molecule has 0 spiro atoms. The number of ether oxygens (including phenoxy) is 5. The van der Waals surface area contributed by atoms with Crippen molar-refractivity contribution in [3.63, 3.8) is 0 Å². The lowest BCUT2D eigenvalue weighted by Gasteiger charge is -2.11. The van der Waals surface area contributed by atoms with Crippen LogP contribution in [0.5, 0.6) is 0 Å². The zero-order valence-corrected chi connectivity index (χ0v) is 16.4. The average molecular weight is 377 g/mol. The molecule has 8 nitrogen and oxygen atoms in total. The summed E-state index contributed by atoms with van der Waals surface area (Å²) in [5.74, 6) is 0.497. The van der Waals surface area contributed by atoms with Gasteiger partial charge in [-0.1, -0.05) is 20.3 Å². The fourth-order valence-corrected chi connectivity index (χ4v) is 1.59. The van der Waals surface area contributed by atoms with Gasteiger partial charge < -0.3 is 29.0 Å². The van der Waals surface area contributed by atoms with Crippen molar-refractivity contribution in [3.05, 3.63) is 0 Å². The third kappa shape index (κ3) is 19.1. The summed E-state index contributed by atoms with van der Waals surface area (Å²) in [6.07, 6.45) is 1.02. The number of ketones is 1. The molecule has 0 fully saturated rings. The average Bonchev–Trinajstić information content (AvgIpc) is 2.62. The van der Waals surface area contributed by atoms with Crippen molar-refractivity contribution >= 4 is 11.9 Å². The molecule has 0 aromatic carbocycles. The minimum absolute atomic E-state index is 0.124. The first kappa shape index (κ1) is 24.8. The molecule has 0 aromatic rings. The van der Waals surface area contributed by atoms with E-state index >= 15 is 0 Å². The molecule has 0 aromatic heterocycles. The summed E-state index contributed by atoms with van der Waals surface area (Å²) in [5.41, 5.74) is 0. The van der Waals surface area contributed by atoms with Gasteiger partial charge in [-0.2, -0.15) is 0 Å². The lowest BCUT2D eigenvalue weighted by Crippen LogP contribution is -2.29. The van der Waals surface area contributed by atoms with E-state index in [1.165, 1.54) is 0 Å². The lowest BCUT2D eigenvalue weighted by atomic mass is 10.1. The van der Waals surface area contributed by atoms with Gasteiger partial charge in [0, 0.05) is 13.0 Å². The summed E-state index contributed by atoms with van der Waals surface area (Å²) in [5, 5.41) is 2.63. The molecule has 26 heavy (non-hydrogen) atoms. The molecule has 0 radical (unpaired) electrons. The van der Waals surface area contributed by atoms with Gasteiger partial charge in [0.25, 0.3) is 0 Å². The van der Waals surface area contributed by atoms with Crippen LogP contribution in [0.4, 0.5) is 4.79 Å². The summed E-state index contributed by atoms with van der Waals surface area (Å²) in [6.45, 7) is 10.2. The van der Waals surface area contributed by atoms with E-state index in [0.29, 0.717) is 78.3 Å². The Morgan fingerprint density at radius 1 is 0.846 bits per heavy atom. The molecule has 0 rings (SSSR count). The van der Waals surface area contributed by atoms with E-state index in [0.717, 1.165) is 6.42 Å². The second kappa shape index (κ2) is 18.6. The van der Waals surface area contributed by atoms with Gasteiger partial charge in [0.05, 0.1) is 59.5 Å². The summed E-state index contributed by atoms with van der Waals surface area (Å²) in [7, 11) is 0. The minimum Gasteiger partial charge on any atom is -0.449 e. The normalized spacial score (nSPS) is 12.0. The van der Waals surface area contributed by atoms with Gasteiger partial charge in [0.2, 0.25) is 0 Å². The second-order valence-electron chi connectivity index (χ2n) is 5.94. The first-order valence-electron chi connectivity index (χ1n) is 9.27. The van der Waals surface area contributed by atoms with Crippen molar-refractivity contribution in [1.29, 1.82) is 0 Å². The Bertz CT molecular complexity index is 352. The van der Waals surface area contributed by atoms with Crippen LogP contribution in [0.2, 0.25) is 0 Å². The molecule has 0 aliphatic heterocycles. The van der Waals surface area contributed by atoms with Crippen molar-refractivity contribution < 1.29 is 33.3 Å². The smallest absolute Gasteiger partial charge is 0.407 e. The number of hydrogen-bond acceptors (Lipinski definition) is 7. The summed E-state index contributed by atoms with van der Waals surface area (Å²) in [6, 6.07) is 0. The van der Waals surface area contributed by atoms with Crippen LogP contribution in [0.15, 0.2) is 0 Å². The molecule has 8 heteroatoms. The largest absolute Gasteiger partial charge is 0.449 e. The maximum absolute atomic E-state index is 11.4. The van der Waals surface area contributed by atoms with Crippen LogP contribution in [0, 0.1) is 5.92 Å². The molecule has 0 aliphatic carbocycles. The third-order valence-electron chi connectivity index (χ3n) is 3.43. The SMILES string of the molecule is CCC(C)COC(=O)NCCOCCOCCOCCOCCC(C)=O. The Morgan fingerprint density at radius 2 is 1.35 bits per heavy atom. The summed E-state index contributed by atoms with van der Waals surface area (Å²) < 4.78 is 26.3. The molecule has 1 amide bonds.